The van der Waals surface area contributed by atoms with Crippen molar-refractivity contribution in [2.75, 3.05) is 11.9 Å². The summed E-state index contributed by atoms with van der Waals surface area (Å²) in [5.74, 6) is 1.25. The van der Waals surface area contributed by atoms with Crippen molar-refractivity contribution < 1.29 is 14.1 Å². The fourth-order valence-corrected chi connectivity index (χ4v) is 3.46. The summed E-state index contributed by atoms with van der Waals surface area (Å²) in [6.07, 6.45) is 7.86. The van der Waals surface area contributed by atoms with E-state index < -0.39 is 5.91 Å². The quantitative estimate of drug-likeness (QED) is 0.658. The summed E-state index contributed by atoms with van der Waals surface area (Å²) >= 11 is 0. The average molecular weight is 377 g/mol. The van der Waals surface area contributed by atoms with Gasteiger partial charge in [-0.3, -0.25) is 4.79 Å². The van der Waals surface area contributed by atoms with Gasteiger partial charge >= 0.3 is 0 Å². The van der Waals surface area contributed by atoms with Gasteiger partial charge in [0.05, 0.1) is 6.61 Å². The van der Waals surface area contributed by atoms with E-state index in [0.29, 0.717) is 29.8 Å². The molecule has 1 aromatic carbocycles. The predicted octanol–water partition coefficient (Wildman–Crippen LogP) is 4.95. The minimum absolute atomic E-state index is 0.128. The number of hydrogen-bond acceptors (Lipinski definition) is 5. The highest BCUT2D eigenvalue weighted by molar-refractivity contribution is 6.02. The third-order valence-electron chi connectivity index (χ3n) is 5.01. The van der Waals surface area contributed by atoms with Gasteiger partial charge < -0.3 is 14.6 Å². The van der Waals surface area contributed by atoms with Crippen molar-refractivity contribution in [3.63, 3.8) is 0 Å². The van der Waals surface area contributed by atoms with E-state index in [4.69, 9.17) is 9.26 Å². The van der Waals surface area contributed by atoms with Crippen LogP contribution in [0.4, 0.5) is 5.82 Å². The molecule has 6 heteroatoms. The van der Waals surface area contributed by atoms with Crippen LogP contribution in [0.5, 0.6) is 5.75 Å². The highest BCUT2D eigenvalue weighted by atomic mass is 16.5. The maximum absolute atomic E-state index is 12.6. The molecule has 2 aromatic heterocycles. The van der Waals surface area contributed by atoms with E-state index in [2.05, 4.69) is 15.5 Å². The van der Waals surface area contributed by atoms with Crippen LogP contribution in [-0.2, 0) is 0 Å². The SMILES string of the molecule is O=C(Nc1ncccc1OCC1CCCCC1)c1cc(-c2ccccc2)no1. The normalized spacial score (nSPS) is 14.6. The zero-order valence-electron chi connectivity index (χ0n) is 15.6. The Labute approximate surface area is 163 Å². The summed E-state index contributed by atoms with van der Waals surface area (Å²) in [6, 6.07) is 14.8. The second kappa shape index (κ2) is 8.69. The maximum Gasteiger partial charge on any atom is 0.295 e. The molecule has 4 rings (SSSR count). The Morgan fingerprint density at radius 3 is 2.75 bits per heavy atom. The van der Waals surface area contributed by atoms with Crippen molar-refractivity contribution in [1.29, 1.82) is 0 Å². The van der Waals surface area contributed by atoms with Gasteiger partial charge in [0.15, 0.2) is 11.6 Å². The van der Waals surface area contributed by atoms with Crippen LogP contribution in [-0.4, -0.2) is 22.7 Å². The van der Waals surface area contributed by atoms with Crippen LogP contribution in [0, 0.1) is 5.92 Å². The van der Waals surface area contributed by atoms with Crippen LogP contribution in [0.2, 0.25) is 0 Å². The van der Waals surface area contributed by atoms with Crippen molar-refractivity contribution >= 4 is 11.7 Å². The number of amides is 1. The lowest BCUT2D eigenvalue weighted by Gasteiger charge is -2.22. The lowest BCUT2D eigenvalue weighted by atomic mass is 9.90. The van der Waals surface area contributed by atoms with Crippen molar-refractivity contribution in [1.82, 2.24) is 10.1 Å². The number of anilines is 1. The molecule has 1 aliphatic carbocycles. The molecule has 1 saturated carbocycles. The Morgan fingerprint density at radius 2 is 1.93 bits per heavy atom. The highest BCUT2D eigenvalue weighted by Gasteiger charge is 2.18. The van der Waals surface area contributed by atoms with E-state index in [1.165, 1.54) is 32.1 Å². The second-order valence-corrected chi connectivity index (χ2v) is 7.06. The van der Waals surface area contributed by atoms with Crippen LogP contribution >= 0.6 is 0 Å². The number of rotatable bonds is 6. The van der Waals surface area contributed by atoms with Gasteiger partial charge in [-0.2, -0.15) is 0 Å². The molecule has 1 fully saturated rings. The average Bonchev–Trinajstić information content (AvgIpc) is 3.25. The lowest BCUT2D eigenvalue weighted by Crippen LogP contribution is -2.17. The lowest BCUT2D eigenvalue weighted by molar-refractivity contribution is 0.0987. The number of carbonyl (C=O) groups excluding carboxylic acids is 1. The summed E-state index contributed by atoms with van der Waals surface area (Å²) in [5, 5.41) is 6.75. The van der Waals surface area contributed by atoms with Gasteiger partial charge in [0, 0.05) is 17.8 Å². The number of hydrogen-bond donors (Lipinski definition) is 1. The van der Waals surface area contributed by atoms with Crippen LogP contribution in [0.25, 0.3) is 11.3 Å². The zero-order valence-corrected chi connectivity index (χ0v) is 15.6. The topological polar surface area (TPSA) is 77.2 Å². The van der Waals surface area contributed by atoms with Gasteiger partial charge in [0.25, 0.3) is 5.91 Å². The first kappa shape index (κ1) is 18.2. The van der Waals surface area contributed by atoms with E-state index in [1.54, 1.807) is 18.3 Å². The molecule has 1 aliphatic rings. The molecule has 1 amide bonds. The minimum Gasteiger partial charge on any atom is -0.489 e. The number of ether oxygens (including phenoxy) is 1. The molecule has 144 valence electrons. The molecule has 0 bridgehead atoms. The van der Waals surface area contributed by atoms with Crippen LogP contribution < -0.4 is 10.1 Å². The standard InChI is InChI=1S/C22H23N3O3/c26-22(20-14-18(25-28-20)17-10-5-2-6-11-17)24-21-19(12-7-13-23-21)27-15-16-8-3-1-4-9-16/h2,5-7,10-14,16H,1,3-4,8-9,15H2,(H,23,24,26). The fourth-order valence-electron chi connectivity index (χ4n) is 3.46. The summed E-state index contributed by atoms with van der Waals surface area (Å²) < 4.78 is 11.2. The molecule has 0 aliphatic heterocycles. The smallest absolute Gasteiger partial charge is 0.295 e. The fraction of sp³-hybridized carbons (Fsp3) is 0.318. The minimum atomic E-state index is -0.407. The van der Waals surface area contributed by atoms with Gasteiger partial charge in [-0.05, 0) is 30.9 Å². The van der Waals surface area contributed by atoms with Crippen LogP contribution in [0.15, 0.2) is 59.3 Å². The second-order valence-electron chi connectivity index (χ2n) is 7.06. The largest absolute Gasteiger partial charge is 0.489 e. The summed E-state index contributed by atoms with van der Waals surface area (Å²) in [6.45, 7) is 0.648. The third-order valence-corrected chi connectivity index (χ3v) is 5.01. The highest BCUT2D eigenvalue weighted by Crippen LogP contribution is 2.27. The van der Waals surface area contributed by atoms with Crippen LogP contribution in [0.3, 0.4) is 0 Å². The molecule has 0 radical (unpaired) electrons. The zero-order chi connectivity index (χ0) is 19.2. The number of aromatic nitrogens is 2. The molecular weight excluding hydrogens is 354 g/mol. The Bertz CT molecular complexity index is 918. The first-order valence-corrected chi connectivity index (χ1v) is 9.71. The summed E-state index contributed by atoms with van der Waals surface area (Å²) in [5.41, 5.74) is 1.50. The summed E-state index contributed by atoms with van der Waals surface area (Å²) in [7, 11) is 0. The molecule has 28 heavy (non-hydrogen) atoms. The number of nitrogens with zero attached hydrogens (tertiary/aromatic N) is 2. The number of pyridine rings is 1. The first-order chi connectivity index (χ1) is 13.8. The van der Waals surface area contributed by atoms with Crippen LogP contribution in [0.1, 0.15) is 42.7 Å². The molecule has 0 saturated heterocycles. The van der Waals surface area contributed by atoms with E-state index in [9.17, 15) is 4.79 Å². The Morgan fingerprint density at radius 1 is 1.11 bits per heavy atom. The van der Waals surface area contributed by atoms with Gasteiger partial charge in [0.2, 0.25) is 5.76 Å². The van der Waals surface area contributed by atoms with E-state index >= 15 is 0 Å². The Hall–Kier alpha value is -3.15. The molecule has 6 nitrogen and oxygen atoms in total. The van der Waals surface area contributed by atoms with Gasteiger partial charge in [0.1, 0.15) is 5.69 Å². The van der Waals surface area contributed by atoms with Gasteiger partial charge in [-0.25, -0.2) is 4.98 Å². The molecule has 1 N–H and O–H groups in total. The van der Waals surface area contributed by atoms with Gasteiger partial charge in [-0.1, -0.05) is 54.8 Å². The third kappa shape index (κ3) is 4.39. The van der Waals surface area contributed by atoms with Crippen molar-refractivity contribution in [2.24, 2.45) is 5.92 Å². The molecule has 0 atom stereocenters. The van der Waals surface area contributed by atoms with Crippen molar-refractivity contribution in [3.05, 3.63) is 60.5 Å². The first-order valence-electron chi connectivity index (χ1n) is 9.71. The number of carbonyl (C=O) groups is 1. The predicted molar refractivity (Wildman–Crippen MR) is 106 cm³/mol. The Kier molecular flexibility index (Phi) is 5.66. The summed E-state index contributed by atoms with van der Waals surface area (Å²) in [4.78, 5) is 16.8. The molecule has 0 unspecified atom stereocenters. The monoisotopic (exact) mass is 377 g/mol. The molecule has 2 heterocycles. The van der Waals surface area contributed by atoms with Gasteiger partial charge in [-0.15, -0.1) is 0 Å². The molecule has 0 spiro atoms. The van der Waals surface area contributed by atoms with E-state index in [-0.39, 0.29) is 5.76 Å². The van der Waals surface area contributed by atoms with E-state index in [0.717, 1.165) is 5.56 Å². The number of nitrogens with one attached hydrogen (secondary N) is 1. The van der Waals surface area contributed by atoms with E-state index in [1.807, 2.05) is 36.4 Å². The molecular formula is C22H23N3O3. The number of benzene rings is 1. The van der Waals surface area contributed by atoms with Crippen molar-refractivity contribution in [2.45, 2.75) is 32.1 Å². The Balaban J connectivity index is 1.42. The van der Waals surface area contributed by atoms with Crippen molar-refractivity contribution in [3.8, 4) is 17.0 Å². The maximum atomic E-state index is 12.6. The molecule has 3 aromatic rings.